The molecular formula is C20H22N2OS. The van der Waals surface area contributed by atoms with E-state index in [-0.39, 0.29) is 6.61 Å². The summed E-state index contributed by atoms with van der Waals surface area (Å²) in [5.41, 5.74) is 6.36. The minimum atomic E-state index is 0.0946. The Hall–Kier alpha value is -1.75. The summed E-state index contributed by atoms with van der Waals surface area (Å²) < 4.78 is 2.46. The molecule has 0 spiro atoms. The zero-order chi connectivity index (χ0) is 16.7. The quantitative estimate of drug-likeness (QED) is 0.780. The maximum absolute atomic E-state index is 9.52. The first kappa shape index (κ1) is 15.8. The van der Waals surface area contributed by atoms with Crippen LogP contribution in [0.3, 0.4) is 0 Å². The molecule has 0 unspecified atom stereocenters. The molecule has 1 aromatic heterocycles. The van der Waals surface area contributed by atoms with Crippen LogP contribution < -0.4 is 0 Å². The Labute approximate surface area is 146 Å². The van der Waals surface area contributed by atoms with E-state index in [0.717, 1.165) is 24.4 Å². The van der Waals surface area contributed by atoms with E-state index in [1.54, 1.807) is 0 Å². The molecule has 24 heavy (non-hydrogen) atoms. The molecule has 0 aliphatic carbocycles. The van der Waals surface area contributed by atoms with Crippen molar-refractivity contribution >= 4 is 22.7 Å². The SMILES string of the molecule is CN(C)CCn1c2c(c3cc(CO)ccc31)CSc1ccccc1-2. The number of likely N-dealkylation sites (N-methyl/N-ethyl adjacent to an activating group) is 1. The van der Waals surface area contributed by atoms with Gasteiger partial charge in [0.25, 0.3) is 0 Å². The summed E-state index contributed by atoms with van der Waals surface area (Å²) in [5, 5.41) is 10.8. The Bertz CT molecular complexity index is 898. The summed E-state index contributed by atoms with van der Waals surface area (Å²) in [6.07, 6.45) is 0. The van der Waals surface area contributed by atoms with Gasteiger partial charge in [0.2, 0.25) is 0 Å². The molecular weight excluding hydrogens is 316 g/mol. The summed E-state index contributed by atoms with van der Waals surface area (Å²) in [4.78, 5) is 3.59. The second kappa shape index (κ2) is 6.28. The first-order chi connectivity index (χ1) is 11.7. The number of rotatable bonds is 4. The molecule has 0 radical (unpaired) electrons. The van der Waals surface area contributed by atoms with E-state index < -0.39 is 0 Å². The number of thioether (sulfide) groups is 1. The molecule has 3 nitrogen and oxygen atoms in total. The molecule has 2 heterocycles. The second-order valence-electron chi connectivity index (χ2n) is 6.58. The summed E-state index contributed by atoms with van der Waals surface area (Å²) >= 11 is 1.91. The monoisotopic (exact) mass is 338 g/mol. The van der Waals surface area contributed by atoms with Gasteiger partial charge in [-0.2, -0.15) is 0 Å². The first-order valence-corrected chi connectivity index (χ1v) is 9.29. The predicted octanol–water partition coefficient (Wildman–Crippen LogP) is 3.97. The molecule has 1 aliphatic heterocycles. The fourth-order valence-corrected chi connectivity index (χ4v) is 4.58. The van der Waals surface area contributed by atoms with Gasteiger partial charge in [-0.15, -0.1) is 11.8 Å². The van der Waals surface area contributed by atoms with Gasteiger partial charge in [-0.05, 0) is 43.4 Å². The highest BCUT2D eigenvalue weighted by atomic mass is 32.2. The van der Waals surface area contributed by atoms with Crippen molar-refractivity contribution in [3.05, 3.63) is 53.6 Å². The highest BCUT2D eigenvalue weighted by Gasteiger charge is 2.24. The number of aromatic nitrogens is 1. The molecule has 1 aliphatic rings. The average molecular weight is 338 g/mol. The third kappa shape index (κ3) is 2.55. The van der Waals surface area contributed by atoms with Crippen LogP contribution in [0.15, 0.2) is 47.4 Å². The van der Waals surface area contributed by atoms with Crippen molar-refractivity contribution < 1.29 is 5.11 Å². The molecule has 1 N–H and O–H groups in total. The van der Waals surface area contributed by atoms with Gasteiger partial charge in [-0.1, -0.05) is 24.3 Å². The Morgan fingerprint density at radius 1 is 1.17 bits per heavy atom. The van der Waals surface area contributed by atoms with Gasteiger partial charge >= 0.3 is 0 Å². The number of benzene rings is 2. The van der Waals surface area contributed by atoms with Crippen LogP contribution >= 0.6 is 11.8 Å². The molecule has 0 fully saturated rings. The molecule has 4 rings (SSSR count). The van der Waals surface area contributed by atoms with Crippen molar-refractivity contribution in [1.82, 2.24) is 9.47 Å². The van der Waals surface area contributed by atoms with Crippen LogP contribution in [-0.4, -0.2) is 35.2 Å². The molecule has 4 heteroatoms. The largest absolute Gasteiger partial charge is 0.392 e. The van der Waals surface area contributed by atoms with Crippen LogP contribution in [-0.2, 0) is 18.9 Å². The average Bonchev–Trinajstić information content (AvgIpc) is 2.93. The summed E-state index contributed by atoms with van der Waals surface area (Å²) in [6.45, 7) is 2.07. The van der Waals surface area contributed by atoms with Gasteiger partial charge in [-0.3, -0.25) is 0 Å². The Kier molecular flexibility index (Phi) is 4.12. The molecule has 0 amide bonds. The molecule has 124 valence electrons. The highest BCUT2D eigenvalue weighted by Crippen LogP contribution is 2.45. The first-order valence-electron chi connectivity index (χ1n) is 8.31. The van der Waals surface area contributed by atoms with Crippen molar-refractivity contribution in [3.8, 4) is 11.3 Å². The van der Waals surface area contributed by atoms with Gasteiger partial charge in [0.15, 0.2) is 0 Å². The van der Waals surface area contributed by atoms with E-state index in [1.807, 2.05) is 17.8 Å². The topological polar surface area (TPSA) is 28.4 Å². The van der Waals surface area contributed by atoms with Crippen molar-refractivity contribution in [2.45, 2.75) is 23.8 Å². The standard InChI is InChI=1S/C20H22N2OS/c1-21(2)9-10-22-18-8-7-14(12-23)11-16(18)17-13-24-19-6-4-3-5-15(19)20(17)22/h3-8,11,23H,9-10,12-13H2,1-2H3. The van der Waals surface area contributed by atoms with E-state index in [2.05, 4.69) is 60.0 Å². The second-order valence-corrected chi connectivity index (χ2v) is 7.59. The molecule has 3 aromatic rings. The lowest BCUT2D eigenvalue weighted by molar-refractivity contribution is 0.282. The van der Waals surface area contributed by atoms with Crippen LogP contribution in [0.25, 0.3) is 22.2 Å². The lowest BCUT2D eigenvalue weighted by atomic mass is 10.0. The highest BCUT2D eigenvalue weighted by molar-refractivity contribution is 7.98. The van der Waals surface area contributed by atoms with Gasteiger partial charge < -0.3 is 14.6 Å². The van der Waals surface area contributed by atoms with E-state index in [0.29, 0.717) is 0 Å². The van der Waals surface area contributed by atoms with Crippen LogP contribution in [0, 0.1) is 0 Å². The van der Waals surface area contributed by atoms with Crippen molar-refractivity contribution in [2.24, 2.45) is 0 Å². The van der Waals surface area contributed by atoms with Gasteiger partial charge in [-0.25, -0.2) is 0 Å². The number of aliphatic hydroxyl groups is 1. The number of hydrogen-bond donors (Lipinski definition) is 1. The van der Waals surface area contributed by atoms with Gasteiger partial charge in [0.1, 0.15) is 0 Å². The predicted molar refractivity (Wildman–Crippen MR) is 101 cm³/mol. The summed E-state index contributed by atoms with van der Waals surface area (Å²) in [5.74, 6) is 0.993. The van der Waals surface area contributed by atoms with Crippen molar-refractivity contribution in [1.29, 1.82) is 0 Å². The molecule has 0 saturated heterocycles. The van der Waals surface area contributed by atoms with Gasteiger partial charge in [0, 0.05) is 40.2 Å². The molecule has 0 saturated carbocycles. The number of aliphatic hydroxyl groups excluding tert-OH is 1. The Morgan fingerprint density at radius 3 is 2.79 bits per heavy atom. The smallest absolute Gasteiger partial charge is 0.0682 e. The van der Waals surface area contributed by atoms with Gasteiger partial charge in [0.05, 0.1) is 12.3 Å². The maximum Gasteiger partial charge on any atom is 0.0682 e. The maximum atomic E-state index is 9.52. The van der Waals surface area contributed by atoms with Crippen molar-refractivity contribution in [2.75, 3.05) is 20.6 Å². The van der Waals surface area contributed by atoms with Crippen LogP contribution in [0.2, 0.25) is 0 Å². The lowest BCUT2D eigenvalue weighted by Gasteiger charge is -2.20. The fourth-order valence-electron chi connectivity index (χ4n) is 3.49. The molecule has 2 aromatic carbocycles. The zero-order valence-electron chi connectivity index (χ0n) is 14.1. The van der Waals surface area contributed by atoms with E-state index in [9.17, 15) is 5.11 Å². The normalized spacial score (nSPS) is 13.3. The van der Waals surface area contributed by atoms with Crippen molar-refractivity contribution in [3.63, 3.8) is 0 Å². The number of hydrogen-bond acceptors (Lipinski definition) is 3. The Morgan fingerprint density at radius 2 is 2.00 bits per heavy atom. The minimum Gasteiger partial charge on any atom is -0.392 e. The van der Waals surface area contributed by atoms with Crippen LogP contribution in [0.4, 0.5) is 0 Å². The summed E-state index contributed by atoms with van der Waals surface area (Å²) in [6, 6.07) is 15.1. The number of nitrogens with zero attached hydrogens (tertiary/aromatic N) is 2. The third-order valence-electron chi connectivity index (χ3n) is 4.70. The van der Waals surface area contributed by atoms with E-state index >= 15 is 0 Å². The summed E-state index contributed by atoms with van der Waals surface area (Å²) in [7, 11) is 4.23. The molecule has 0 atom stereocenters. The Balaban J connectivity index is 1.98. The fraction of sp³-hybridized carbons (Fsp3) is 0.300. The lowest BCUT2D eigenvalue weighted by Crippen LogP contribution is -2.19. The van der Waals surface area contributed by atoms with E-state index in [1.165, 1.54) is 32.6 Å². The molecule has 0 bridgehead atoms. The minimum absolute atomic E-state index is 0.0946. The van der Waals surface area contributed by atoms with Crippen LogP contribution in [0.1, 0.15) is 11.1 Å². The number of fused-ring (bicyclic) bond motifs is 5. The zero-order valence-corrected chi connectivity index (χ0v) is 14.9. The third-order valence-corrected chi connectivity index (χ3v) is 5.80. The van der Waals surface area contributed by atoms with Crippen LogP contribution in [0.5, 0.6) is 0 Å². The van der Waals surface area contributed by atoms with E-state index in [4.69, 9.17) is 0 Å².